The van der Waals surface area contributed by atoms with Crippen LogP contribution in [0.3, 0.4) is 0 Å². The monoisotopic (exact) mass is 370 g/mol. The van der Waals surface area contributed by atoms with Crippen molar-refractivity contribution in [1.82, 2.24) is 10.3 Å². The standard InChI is InChI=1S/C20H16F2N2O3/c1-26-15-7-8-17(18(22)11-15)19(25)24-12-13-4-3-9-23-20(13)27-16-6-2-5-14(21)10-16/h2-11H,12H2,1H3,(H,24,25). The van der Waals surface area contributed by atoms with E-state index in [2.05, 4.69) is 10.3 Å². The summed E-state index contributed by atoms with van der Waals surface area (Å²) in [5.41, 5.74) is 0.455. The molecule has 7 heteroatoms. The zero-order valence-corrected chi connectivity index (χ0v) is 14.4. The number of amides is 1. The SMILES string of the molecule is COc1ccc(C(=O)NCc2cccnc2Oc2cccc(F)c2)c(F)c1. The number of halogens is 2. The van der Waals surface area contributed by atoms with Crippen molar-refractivity contribution >= 4 is 5.91 Å². The minimum absolute atomic E-state index is 0.0583. The second-order valence-corrected chi connectivity index (χ2v) is 5.56. The summed E-state index contributed by atoms with van der Waals surface area (Å²) in [6.45, 7) is 0.0583. The van der Waals surface area contributed by atoms with E-state index in [0.717, 1.165) is 6.07 Å². The Morgan fingerprint density at radius 3 is 2.67 bits per heavy atom. The van der Waals surface area contributed by atoms with Crippen LogP contribution in [0.25, 0.3) is 0 Å². The van der Waals surface area contributed by atoms with Crippen LogP contribution in [0, 0.1) is 11.6 Å². The third kappa shape index (κ3) is 4.58. The van der Waals surface area contributed by atoms with E-state index >= 15 is 0 Å². The van der Waals surface area contributed by atoms with Crippen molar-refractivity contribution in [2.45, 2.75) is 6.54 Å². The van der Waals surface area contributed by atoms with Gasteiger partial charge in [-0.1, -0.05) is 12.1 Å². The number of ether oxygens (including phenoxy) is 2. The van der Waals surface area contributed by atoms with E-state index in [0.29, 0.717) is 11.3 Å². The van der Waals surface area contributed by atoms with Gasteiger partial charge in [0.15, 0.2) is 0 Å². The molecule has 1 heterocycles. The molecule has 0 aliphatic rings. The van der Waals surface area contributed by atoms with E-state index < -0.39 is 17.5 Å². The van der Waals surface area contributed by atoms with E-state index in [1.807, 2.05) is 0 Å². The van der Waals surface area contributed by atoms with Gasteiger partial charge in [0.25, 0.3) is 5.91 Å². The summed E-state index contributed by atoms with van der Waals surface area (Å²) < 4.78 is 37.8. The number of hydrogen-bond acceptors (Lipinski definition) is 4. The molecule has 1 amide bonds. The summed E-state index contributed by atoms with van der Waals surface area (Å²) in [5, 5.41) is 2.62. The number of carbonyl (C=O) groups excluding carboxylic acids is 1. The van der Waals surface area contributed by atoms with Crippen LogP contribution in [0.1, 0.15) is 15.9 Å². The zero-order chi connectivity index (χ0) is 19.2. The number of aromatic nitrogens is 1. The van der Waals surface area contributed by atoms with Gasteiger partial charge in [0.2, 0.25) is 5.88 Å². The third-order valence-electron chi connectivity index (χ3n) is 3.72. The summed E-state index contributed by atoms with van der Waals surface area (Å²) in [6.07, 6.45) is 1.52. The predicted octanol–water partition coefficient (Wildman–Crippen LogP) is 4.09. The number of nitrogens with one attached hydrogen (secondary N) is 1. The molecule has 3 rings (SSSR count). The Morgan fingerprint density at radius 1 is 1.07 bits per heavy atom. The molecule has 0 bridgehead atoms. The van der Waals surface area contributed by atoms with Crippen molar-refractivity contribution in [3.05, 3.63) is 83.6 Å². The molecule has 0 radical (unpaired) electrons. The van der Waals surface area contributed by atoms with Gasteiger partial charge in [0.1, 0.15) is 23.1 Å². The van der Waals surface area contributed by atoms with Crippen molar-refractivity contribution in [3.63, 3.8) is 0 Å². The summed E-state index contributed by atoms with van der Waals surface area (Å²) in [6, 6.07) is 13.0. The van der Waals surface area contributed by atoms with Gasteiger partial charge in [-0.2, -0.15) is 0 Å². The van der Waals surface area contributed by atoms with Crippen molar-refractivity contribution < 1.29 is 23.0 Å². The molecule has 0 fully saturated rings. The highest BCUT2D eigenvalue weighted by Gasteiger charge is 2.14. The van der Waals surface area contributed by atoms with Crippen LogP contribution in [0.4, 0.5) is 8.78 Å². The van der Waals surface area contributed by atoms with Gasteiger partial charge < -0.3 is 14.8 Å². The van der Waals surface area contributed by atoms with Gasteiger partial charge >= 0.3 is 0 Å². The molecule has 0 spiro atoms. The van der Waals surface area contributed by atoms with Gasteiger partial charge in [-0.05, 0) is 30.3 Å². The highest BCUT2D eigenvalue weighted by molar-refractivity contribution is 5.94. The van der Waals surface area contributed by atoms with Crippen LogP contribution >= 0.6 is 0 Å². The summed E-state index contributed by atoms with van der Waals surface area (Å²) >= 11 is 0. The van der Waals surface area contributed by atoms with E-state index in [1.165, 1.54) is 43.6 Å². The number of nitrogens with zero attached hydrogens (tertiary/aromatic N) is 1. The molecule has 0 aliphatic carbocycles. The molecule has 0 saturated carbocycles. The molecule has 5 nitrogen and oxygen atoms in total. The Hall–Kier alpha value is -3.48. The van der Waals surface area contributed by atoms with Crippen LogP contribution in [0.15, 0.2) is 60.8 Å². The second-order valence-electron chi connectivity index (χ2n) is 5.56. The molecule has 138 valence electrons. The molecule has 1 aromatic heterocycles. The van der Waals surface area contributed by atoms with Crippen LogP contribution in [0.2, 0.25) is 0 Å². The molecule has 0 saturated heterocycles. The Labute approximate surface area is 154 Å². The first-order valence-electron chi connectivity index (χ1n) is 8.06. The minimum Gasteiger partial charge on any atom is -0.497 e. The lowest BCUT2D eigenvalue weighted by atomic mass is 10.2. The molecular formula is C20H16F2N2O3. The smallest absolute Gasteiger partial charge is 0.254 e. The maximum atomic E-state index is 14.0. The zero-order valence-electron chi connectivity index (χ0n) is 14.4. The maximum absolute atomic E-state index is 14.0. The molecule has 3 aromatic rings. The third-order valence-corrected chi connectivity index (χ3v) is 3.72. The van der Waals surface area contributed by atoms with E-state index in [4.69, 9.17) is 9.47 Å². The summed E-state index contributed by atoms with van der Waals surface area (Å²) in [4.78, 5) is 16.4. The number of rotatable bonds is 6. The highest BCUT2D eigenvalue weighted by Crippen LogP contribution is 2.23. The maximum Gasteiger partial charge on any atom is 0.254 e. The van der Waals surface area contributed by atoms with E-state index in [1.54, 1.807) is 18.2 Å². The van der Waals surface area contributed by atoms with Crippen molar-refractivity contribution in [3.8, 4) is 17.4 Å². The molecule has 0 aliphatic heterocycles. The van der Waals surface area contributed by atoms with Gasteiger partial charge in [-0.25, -0.2) is 13.8 Å². The number of benzene rings is 2. The normalized spacial score (nSPS) is 10.3. The quantitative estimate of drug-likeness (QED) is 0.710. The number of hydrogen-bond donors (Lipinski definition) is 1. The highest BCUT2D eigenvalue weighted by atomic mass is 19.1. The van der Waals surface area contributed by atoms with Crippen LogP contribution in [-0.4, -0.2) is 18.0 Å². The fourth-order valence-corrected chi connectivity index (χ4v) is 2.37. The average molecular weight is 370 g/mol. The molecule has 1 N–H and O–H groups in total. The Kier molecular flexibility index (Phi) is 5.61. The first-order chi connectivity index (χ1) is 13.1. The Bertz CT molecular complexity index is 963. The van der Waals surface area contributed by atoms with Crippen LogP contribution in [-0.2, 0) is 6.54 Å². The first-order valence-corrected chi connectivity index (χ1v) is 8.06. The van der Waals surface area contributed by atoms with Crippen molar-refractivity contribution in [2.24, 2.45) is 0 Å². The first kappa shape index (κ1) is 18.3. The lowest BCUT2D eigenvalue weighted by molar-refractivity contribution is 0.0946. The molecule has 0 atom stereocenters. The average Bonchev–Trinajstić information content (AvgIpc) is 2.67. The lowest BCUT2D eigenvalue weighted by Crippen LogP contribution is -2.24. The molecule has 27 heavy (non-hydrogen) atoms. The molecule has 2 aromatic carbocycles. The summed E-state index contributed by atoms with van der Waals surface area (Å²) in [5.74, 6) is -0.888. The summed E-state index contributed by atoms with van der Waals surface area (Å²) in [7, 11) is 1.41. The minimum atomic E-state index is -0.686. The second kappa shape index (κ2) is 8.27. The largest absolute Gasteiger partial charge is 0.497 e. The van der Waals surface area contributed by atoms with Crippen molar-refractivity contribution in [2.75, 3.05) is 7.11 Å². The van der Waals surface area contributed by atoms with Crippen LogP contribution < -0.4 is 14.8 Å². The number of carbonyl (C=O) groups is 1. The Morgan fingerprint density at radius 2 is 1.93 bits per heavy atom. The molecular weight excluding hydrogens is 354 g/mol. The number of pyridine rings is 1. The predicted molar refractivity (Wildman–Crippen MR) is 94.8 cm³/mol. The topological polar surface area (TPSA) is 60.5 Å². The van der Waals surface area contributed by atoms with E-state index in [9.17, 15) is 13.6 Å². The lowest BCUT2D eigenvalue weighted by Gasteiger charge is -2.11. The van der Waals surface area contributed by atoms with Gasteiger partial charge in [0.05, 0.1) is 12.7 Å². The van der Waals surface area contributed by atoms with Gasteiger partial charge in [-0.15, -0.1) is 0 Å². The fraction of sp³-hybridized carbons (Fsp3) is 0.100. The molecule has 0 unspecified atom stereocenters. The van der Waals surface area contributed by atoms with Crippen LogP contribution in [0.5, 0.6) is 17.4 Å². The Balaban J connectivity index is 1.72. The van der Waals surface area contributed by atoms with E-state index in [-0.39, 0.29) is 23.7 Å². The van der Waals surface area contributed by atoms with Gasteiger partial charge in [0, 0.05) is 30.4 Å². The van der Waals surface area contributed by atoms with Gasteiger partial charge in [-0.3, -0.25) is 4.79 Å². The fourth-order valence-electron chi connectivity index (χ4n) is 2.37. The number of methoxy groups -OCH3 is 1. The van der Waals surface area contributed by atoms with Crippen molar-refractivity contribution in [1.29, 1.82) is 0 Å².